The number of halogens is 1. The molecule has 1 saturated heterocycles. The third kappa shape index (κ3) is 6.84. The summed E-state index contributed by atoms with van der Waals surface area (Å²) in [7, 11) is 0. The molecule has 7 nitrogen and oxygen atoms in total. The second-order valence-corrected chi connectivity index (χ2v) is 11.0. The van der Waals surface area contributed by atoms with E-state index < -0.39 is 11.7 Å². The van der Waals surface area contributed by atoms with Crippen molar-refractivity contribution in [1.82, 2.24) is 10.2 Å². The smallest absolute Gasteiger partial charge is 0.404 e. The number of carboxylic acid groups (broad SMARTS) is 1. The van der Waals surface area contributed by atoms with Crippen molar-refractivity contribution >= 4 is 23.6 Å². The second-order valence-electron chi connectivity index (χ2n) is 10.6. The van der Waals surface area contributed by atoms with E-state index in [0.717, 1.165) is 41.5 Å². The van der Waals surface area contributed by atoms with Crippen LogP contribution in [0.2, 0.25) is 5.02 Å². The van der Waals surface area contributed by atoms with Crippen molar-refractivity contribution in [2.75, 3.05) is 26.2 Å². The zero-order valence-electron chi connectivity index (χ0n) is 22.9. The van der Waals surface area contributed by atoms with E-state index in [-0.39, 0.29) is 18.4 Å². The fourth-order valence-electron chi connectivity index (χ4n) is 5.81. The molecule has 1 fully saturated rings. The van der Waals surface area contributed by atoms with Gasteiger partial charge in [-0.25, -0.2) is 4.79 Å². The molecular weight excluding hydrogens is 526 g/mol. The lowest BCUT2D eigenvalue weighted by Gasteiger charge is -2.44. The average Bonchev–Trinajstić information content (AvgIpc) is 2.95. The van der Waals surface area contributed by atoms with E-state index in [1.165, 1.54) is 0 Å². The van der Waals surface area contributed by atoms with Gasteiger partial charge < -0.3 is 26.2 Å². The van der Waals surface area contributed by atoms with Gasteiger partial charge in [0.1, 0.15) is 0 Å². The van der Waals surface area contributed by atoms with Crippen LogP contribution in [0.4, 0.5) is 4.79 Å². The van der Waals surface area contributed by atoms with E-state index in [1.54, 1.807) is 0 Å². The Bertz CT molecular complexity index is 1330. The number of benzene rings is 3. The molecule has 40 heavy (non-hydrogen) atoms. The zero-order valence-corrected chi connectivity index (χ0v) is 23.7. The van der Waals surface area contributed by atoms with Crippen molar-refractivity contribution in [2.24, 2.45) is 11.7 Å². The van der Waals surface area contributed by atoms with Gasteiger partial charge in [0.25, 0.3) is 5.91 Å². The summed E-state index contributed by atoms with van der Waals surface area (Å²) in [5.74, 6) is -0.336. The first-order chi connectivity index (χ1) is 19.2. The minimum Gasteiger partial charge on any atom is -0.465 e. The number of amides is 2. The van der Waals surface area contributed by atoms with E-state index in [0.29, 0.717) is 48.6 Å². The summed E-state index contributed by atoms with van der Waals surface area (Å²) in [6.45, 7) is 3.76. The predicted molar refractivity (Wildman–Crippen MR) is 159 cm³/mol. The van der Waals surface area contributed by atoms with Gasteiger partial charge in [-0.3, -0.25) is 4.79 Å². The minimum absolute atomic E-state index is 0.0658. The molecule has 2 unspecified atom stereocenters. The van der Waals surface area contributed by atoms with Gasteiger partial charge in [-0.1, -0.05) is 65.7 Å². The number of nitrogens with zero attached hydrogens (tertiary/aromatic N) is 1. The van der Waals surface area contributed by atoms with E-state index in [9.17, 15) is 14.7 Å². The van der Waals surface area contributed by atoms with Crippen LogP contribution in [0.15, 0.2) is 66.7 Å². The Morgan fingerprint density at radius 2 is 1.88 bits per heavy atom. The van der Waals surface area contributed by atoms with Crippen molar-refractivity contribution in [2.45, 2.75) is 44.6 Å². The Kier molecular flexibility index (Phi) is 9.85. The highest BCUT2D eigenvalue weighted by Gasteiger charge is 2.43. The third-order valence-corrected chi connectivity index (χ3v) is 8.13. The fraction of sp³-hybridized carbons (Fsp3) is 0.375. The number of carbonyl (C=O) groups is 2. The molecule has 0 radical (unpaired) electrons. The van der Waals surface area contributed by atoms with Crippen LogP contribution in [-0.2, 0) is 12.0 Å². The van der Waals surface area contributed by atoms with Gasteiger partial charge in [0.2, 0.25) is 0 Å². The predicted octanol–water partition coefficient (Wildman–Crippen LogP) is 5.60. The number of aryl methyl sites for hydroxylation is 1. The maximum Gasteiger partial charge on any atom is 0.404 e. The monoisotopic (exact) mass is 563 g/mol. The van der Waals surface area contributed by atoms with Crippen molar-refractivity contribution < 1.29 is 19.8 Å². The van der Waals surface area contributed by atoms with Crippen molar-refractivity contribution in [3.8, 4) is 11.1 Å². The largest absolute Gasteiger partial charge is 0.465 e. The van der Waals surface area contributed by atoms with Crippen LogP contribution in [0.1, 0.15) is 52.7 Å². The van der Waals surface area contributed by atoms with Crippen LogP contribution < -0.4 is 11.1 Å². The quantitative estimate of drug-likeness (QED) is 0.239. The van der Waals surface area contributed by atoms with E-state index >= 15 is 0 Å². The summed E-state index contributed by atoms with van der Waals surface area (Å²) in [4.78, 5) is 26.4. The summed E-state index contributed by atoms with van der Waals surface area (Å²) < 4.78 is 0. The van der Waals surface area contributed by atoms with E-state index in [2.05, 4.69) is 5.32 Å². The topological polar surface area (TPSA) is 116 Å². The number of carbonyl (C=O) groups excluding carboxylic acids is 1. The van der Waals surface area contributed by atoms with Crippen molar-refractivity contribution in [1.29, 1.82) is 0 Å². The van der Waals surface area contributed by atoms with Gasteiger partial charge in [-0.05, 0) is 80.5 Å². The number of piperidine rings is 1. The lowest BCUT2D eigenvalue weighted by Crippen LogP contribution is -2.48. The maximum absolute atomic E-state index is 13.5. The zero-order chi connectivity index (χ0) is 28.7. The molecule has 0 aromatic heterocycles. The first kappa shape index (κ1) is 29.6. The maximum atomic E-state index is 13.5. The fourth-order valence-corrected chi connectivity index (χ4v) is 6.09. The highest BCUT2D eigenvalue weighted by molar-refractivity contribution is 6.33. The van der Waals surface area contributed by atoms with Crippen molar-refractivity contribution in [3.05, 3.63) is 94.0 Å². The molecule has 0 spiro atoms. The number of hydrogen-bond acceptors (Lipinski definition) is 4. The molecule has 0 aliphatic carbocycles. The summed E-state index contributed by atoms with van der Waals surface area (Å²) in [6, 6.07) is 21.1. The lowest BCUT2D eigenvalue weighted by molar-refractivity contribution is -0.0563. The molecular formula is C32H38ClN3O4. The molecule has 212 valence electrons. The molecule has 4 rings (SSSR count). The number of rotatable bonds is 10. The molecule has 0 bridgehead atoms. The second kappa shape index (κ2) is 13.3. The Hall–Kier alpha value is -3.39. The number of hydrogen-bond donors (Lipinski definition) is 4. The first-order valence-corrected chi connectivity index (χ1v) is 14.2. The number of nitrogens with two attached hydrogens (primary N) is 1. The molecule has 1 aliphatic rings. The minimum atomic E-state index is -1.34. The van der Waals surface area contributed by atoms with Gasteiger partial charge in [-0.15, -0.1) is 0 Å². The van der Waals surface area contributed by atoms with Gasteiger partial charge in [0.05, 0.1) is 5.60 Å². The van der Waals surface area contributed by atoms with Crippen LogP contribution in [-0.4, -0.2) is 53.3 Å². The van der Waals surface area contributed by atoms with Gasteiger partial charge in [-0.2, -0.15) is 0 Å². The summed E-state index contributed by atoms with van der Waals surface area (Å²) in [5, 5.41) is 24.6. The van der Waals surface area contributed by atoms with Gasteiger partial charge in [0.15, 0.2) is 0 Å². The standard InChI is InChI=1S/C32H38ClN3O4/c1-22-6-2-7-25(20-22)29-27(9-3-10-28(29)33)32(40,16-5-18-35-31(38)39)26-8-4-19-36(21-26)30(37)24-13-11-23(12-14-24)15-17-34/h2-3,6-7,9-14,20,26,35,40H,4-5,8,15-19,21,34H2,1H3,(H,38,39). The molecule has 0 saturated carbocycles. The van der Waals surface area contributed by atoms with Crippen molar-refractivity contribution in [3.63, 3.8) is 0 Å². The molecule has 8 heteroatoms. The molecule has 1 aliphatic heterocycles. The van der Waals surface area contributed by atoms with E-state index in [1.807, 2.05) is 78.6 Å². The Morgan fingerprint density at radius 1 is 1.12 bits per heavy atom. The Morgan fingerprint density at radius 3 is 2.58 bits per heavy atom. The highest BCUT2D eigenvalue weighted by Crippen LogP contribution is 2.45. The summed E-state index contributed by atoms with van der Waals surface area (Å²) >= 11 is 6.78. The van der Waals surface area contributed by atoms with Crippen LogP contribution in [0.25, 0.3) is 11.1 Å². The van der Waals surface area contributed by atoms with Crippen LogP contribution >= 0.6 is 11.6 Å². The number of likely N-dealkylation sites (tertiary alicyclic amines) is 1. The normalized spacial score (nSPS) is 16.8. The van der Waals surface area contributed by atoms with Gasteiger partial charge in [0, 0.05) is 41.7 Å². The van der Waals surface area contributed by atoms with Crippen LogP contribution in [0, 0.1) is 12.8 Å². The third-order valence-electron chi connectivity index (χ3n) is 7.82. The summed E-state index contributed by atoms with van der Waals surface area (Å²) in [5.41, 5.74) is 9.46. The highest BCUT2D eigenvalue weighted by atomic mass is 35.5. The molecule has 3 aromatic rings. The summed E-state index contributed by atoms with van der Waals surface area (Å²) in [6.07, 6.45) is 1.87. The SMILES string of the molecule is Cc1cccc(-c2c(Cl)cccc2C(O)(CCCNC(=O)O)C2CCCN(C(=O)c3ccc(CCN)cc3)C2)c1. The van der Waals surface area contributed by atoms with E-state index in [4.69, 9.17) is 22.4 Å². The molecule has 5 N–H and O–H groups in total. The lowest BCUT2D eigenvalue weighted by atomic mass is 9.72. The average molecular weight is 564 g/mol. The molecule has 2 amide bonds. The molecule has 1 heterocycles. The Labute approximate surface area is 241 Å². The molecule has 3 aromatic carbocycles. The number of aliphatic hydroxyl groups is 1. The number of nitrogens with one attached hydrogen (secondary N) is 1. The first-order valence-electron chi connectivity index (χ1n) is 13.9. The molecule has 2 atom stereocenters. The van der Waals surface area contributed by atoms with Crippen LogP contribution in [0.3, 0.4) is 0 Å². The Balaban J connectivity index is 1.68. The van der Waals surface area contributed by atoms with Gasteiger partial charge >= 0.3 is 6.09 Å². The van der Waals surface area contributed by atoms with Crippen LogP contribution in [0.5, 0.6) is 0 Å².